The van der Waals surface area contributed by atoms with Crippen molar-refractivity contribution in [3.05, 3.63) is 95.6 Å². The molecule has 0 bridgehead atoms. The molecule has 1 fully saturated rings. The summed E-state index contributed by atoms with van der Waals surface area (Å²) in [5, 5.41) is 13.4. The van der Waals surface area contributed by atoms with Crippen LogP contribution in [0.2, 0.25) is 0 Å². The maximum Gasteiger partial charge on any atom is 0.338 e. The Morgan fingerprint density at radius 2 is 1.57 bits per heavy atom. The summed E-state index contributed by atoms with van der Waals surface area (Å²) < 4.78 is 10.2. The first-order valence-corrected chi connectivity index (χ1v) is 11.1. The number of oxime groups is 1. The van der Waals surface area contributed by atoms with Crippen molar-refractivity contribution < 1.29 is 29.1 Å². The number of ether oxygens (including phenoxy) is 2. The van der Waals surface area contributed by atoms with E-state index in [9.17, 15) is 19.6 Å². The number of rotatable bonds is 7. The lowest BCUT2D eigenvalue weighted by molar-refractivity contribution is -0.134. The molecule has 1 heterocycles. The van der Waals surface area contributed by atoms with Gasteiger partial charge in [-0.05, 0) is 61.0 Å². The molecule has 1 aliphatic heterocycles. The van der Waals surface area contributed by atoms with E-state index in [1.807, 2.05) is 30.3 Å². The molecule has 0 aromatic heterocycles. The van der Waals surface area contributed by atoms with Crippen LogP contribution < -0.4 is 9.64 Å². The van der Waals surface area contributed by atoms with Crippen LogP contribution in [0.5, 0.6) is 5.75 Å². The molecule has 8 nitrogen and oxygen atoms in total. The average molecular weight is 472 g/mol. The molecule has 178 valence electrons. The van der Waals surface area contributed by atoms with E-state index in [-0.39, 0.29) is 12.3 Å². The molecule has 1 N–H and O–H groups in total. The molecule has 2 atom stereocenters. The van der Waals surface area contributed by atoms with Crippen LogP contribution in [0, 0.1) is 5.92 Å². The van der Waals surface area contributed by atoms with Gasteiger partial charge in [-0.1, -0.05) is 35.5 Å². The van der Waals surface area contributed by atoms with Crippen molar-refractivity contribution >= 4 is 29.1 Å². The number of hydrogen-bond donors (Lipinski definition) is 1. The summed E-state index contributed by atoms with van der Waals surface area (Å²) in [7, 11) is 1.53. The summed E-state index contributed by atoms with van der Waals surface area (Å²) in [6, 6.07) is 21.3. The first kappa shape index (κ1) is 23.7. The molecule has 1 amide bonds. The zero-order valence-electron chi connectivity index (χ0n) is 19.3. The highest BCUT2D eigenvalue weighted by Crippen LogP contribution is 2.41. The lowest BCUT2D eigenvalue weighted by Gasteiger charge is -2.28. The second-order valence-electron chi connectivity index (χ2n) is 7.85. The molecule has 35 heavy (non-hydrogen) atoms. The Labute approximate surface area is 202 Å². The van der Waals surface area contributed by atoms with Crippen molar-refractivity contribution in [1.29, 1.82) is 0 Å². The third-order valence-corrected chi connectivity index (χ3v) is 5.89. The highest BCUT2D eigenvalue weighted by Gasteiger charge is 2.51. The molecule has 2 unspecified atom stereocenters. The van der Waals surface area contributed by atoms with E-state index in [4.69, 9.17) is 9.47 Å². The summed E-state index contributed by atoms with van der Waals surface area (Å²) >= 11 is 0. The van der Waals surface area contributed by atoms with Gasteiger partial charge in [-0.25, -0.2) is 4.79 Å². The molecule has 0 saturated carbocycles. The van der Waals surface area contributed by atoms with Crippen LogP contribution in [0.25, 0.3) is 0 Å². The molecule has 3 aromatic rings. The third-order valence-electron chi connectivity index (χ3n) is 5.89. The highest BCUT2D eigenvalue weighted by atomic mass is 16.5. The number of Topliss-reactive ketones (excluding diaryl/α,β-unsaturated/α-hetero) is 1. The predicted octanol–water partition coefficient (Wildman–Crippen LogP) is 4.02. The van der Waals surface area contributed by atoms with Gasteiger partial charge in [0.15, 0.2) is 0 Å². The predicted molar refractivity (Wildman–Crippen MR) is 129 cm³/mol. The monoisotopic (exact) mass is 472 g/mol. The number of carbonyl (C=O) groups excluding carboxylic acids is 3. The van der Waals surface area contributed by atoms with Crippen LogP contribution in [0.15, 0.2) is 84.0 Å². The van der Waals surface area contributed by atoms with Crippen molar-refractivity contribution in [2.75, 3.05) is 18.6 Å². The molecule has 4 rings (SSSR count). The Bertz CT molecular complexity index is 1250. The van der Waals surface area contributed by atoms with Gasteiger partial charge in [0.2, 0.25) is 5.78 Å². The quantitative estimate of drug-likeness (QED) is 0.183. The van der Waals surface area contributed by atoms with Gasteiger partial charge in [-0.15, -0.1) is 0 Å². The number of methoxy groups -OCH3 is 1. The lowest BCUT2D eigenvalue weighted by Crippen LogP contribution is -2.30. The van der Waals surface area contributed by atoms with E-state index in [1.54, 1.807) is 55.5 Å². The molecule has 1 aliphatic rings. The van der Waals surface area contributed by atoms with Crippen molar-refractivity contribution in [3.63, 3.8) is 0 Å². The van der Waals surface area contributed by atoms with Gasteiger partial charge in [-0.3, -0.25) is 14.5 Å². The molecular formula is C27H24N2O6. The number of ketones is 1. The largest absolute Gasteiger partial charge is 0.497 e. The number of benzene rings is 3. The number of anilines is 1. The fourth-order valence-electron chi connectivity index (χ4n) is 4.25. The van der Waals surface area contributed by atoms with Crippen LogP contribution in [-0.4, -0.2) is 42.3 Å². The van der Waals surface area contributed by atoms with Crippen molar-refractivity contribution in [2.24, 2.45) is 11.1 Å². The van der Waals surface area contributed by atoms with Gasteiger partial charge < -0.3 is 14.7 Å². The highest BCUT2D eigenvalue weighted by molar-refractivity contribution is 6.49. The standard InChI is InChI=1S/C27H24N2O6/c1-3-35-27(32)19-9-13-20(14-10-19)29-24(18-7-5-4-6-8-18)22(25(30)26(29)31)23(28-33)17-11-15-21(34-2)16-12-17/h4-16,22,24,33H,3H2,1-2H3/b28-23-. The number of amides is 1. The van der Waals surface area contributed by atoms with Crippen LogP contribution in [0.3, 0.4) is 0 Å². The Kier molecular flexibility index (Phi) is 6.91. The van der Waals surface area contributed by atoms with Crippen molar-refractivity contribution in [2.45, 2.75) is 13.0 Å². The second-order valence-corrected chi connectivity index (χ2v) is 7.85. The first-order chi connectivity index (χ1) is 17.0. The van der Waals surface area contributed by atoms with Gasteiger partial charge in [0, 0.05) is 11.3 Å². The smallest absolute Gasteiger partial charge is 0.338 e. The van der Waals surface area contributed by atoms with E-state index in [2.05, 4.69) is 5.16 Å². The zero-order chi connectivity index (χ0) is 24.9. The SMILES string of the molecule is CCOC(=O)c1ccc(N2C(=O)C(=O)C(/C(=N\O)c3ccc(OC)cc3)C2c2ccccc2)cc1. The summed E-state index contributed by atoms with van der Waals surface area (Å²) in [5.41, 5.74) is 2.02. The van der Waals surface area contributed by atoms with Gasteiger partial charge in [0.05, 0.1) is 31.2 Å². The normalized spacial score (nSPS) is 18.0. The number of carbonyl (C=O) groups is 3. The van der Waals surface area contributed by atoms with Gasteiger partial charge in [0.1, 0.15) is 11.5 Å². The molecule has 0 aliphatic carbocycles. The van der Waals surface area contributed by atoms with Crippen LogP contribution in [0.4, 0.5) is 5.69 Å². The molecule has 1 saturated heterocycles. The van der Waals surface area contributed by atoms with Crippen LogP contribution >= 0.6 is 0 Å². The summed E-state index contributed by atoms with van der Waals surface area (Å²) in [6.07, 6.45) is 0. The van der Waals surface area contributed by atoms with E-state index in [1.165, 1.54) is 12.0 Å². The first-order valence-electron chi connectivity index (χ1n) is 11.1. The fourth-order valence-corrected chi connectivity index (χ4v) is 4.25. The van der Waals surface area contributed by atoms with Gasteiger partial charge in [0.25, 0.3) is 5.91 Å². The molecule has 0 radical (unpaired) electrons. The Morgan fingerprint density at radius 1 is 0.943 bits per heavy atom. The average Bonchev–Trinajstić information content (AvgIpc) is 3.16. The van der Waals surface area contributed by atoms with Crippen LogP contribution in [0.1, 0.15) is 34.5 Å². The van der Waals surface area contributed by atoms with Crippen molar-refractivity contribution in [1.82, 2.24) is 0 Å². The van der Waals surface area contributed by atoms with Crippen molar-refractivity contribution in [3.8, 4) is 5.75 Å². The maximum atomic E-state index is 13.3. The minimum Gasteiger partial charge on any atom is -0.497 e. The second kappa shape index (κ2) is 10.2. The molecule has 0 spiro atoms. The summed E-state index contributed by atoms with van der Waals surface area (Å²) in [4.78, 5) is 40.1. The van der Waals surface area contributed by atoms with E-state index < -0.39 is 29.6 Å². The number of nitrogens with zero attached hydrogens (tertiary/aromatic N) is 2. The minimum atomic E-state index is -1.06. The Morgan fingerprint density at radius 3 is 2.14 bits per heavy atom. The number of hydrogen-bond acceptors (Lipinski definition) is 7. The Balaban J connectivity index is 1.79. The third kappa shape index (κ3) is 4.50. The van der Waals surface area contributed by atoms with E-state index >= 15 is 0 Å². The van der Waals surface area contributed by atoms with Gasteiger partial charge >= 0.3 is 5.97 Å². The Hall–Kier alpha value is -4.46. The topological polar surface area (TPSA) is 106 Å². The fraction of sp³-hybridized carbons (Fsp3) is 0.185. The van der Waals surface area contributed by atoms with Crippen LogP contribution in [-0.2, 0) is 14.3 Å². The molecular weight excluding hydrogens is 448 g/mol. The zero-order valence-corrected chi connectivity index (χ0v) is 19.3. The summed E-state index contributed by atoms with van der Waals surface area (Å²) in [6.45, 7) is 1.96. The maximum absolute atomic E-state index is 13.3. The summed E-state index contributed by atoms with van der Waals surface area (Å²) in [5.74, 6) is -2.37. The molecule has 8 heteroatoms. The van der Waals surface area contributed by atoms with Gasteiger partial charge in [-0.2, -0.15) is 0 Å². The van der Waals surface area contributed by atoms with E-state index in [0.717, 1.165) is 0 Å². The minimum absolute atomic E-state index is 0.0745. The van der Waals surface area contributed by atoms with E-state index in [0.29, 0.717) is 28.1 Å². The lowest BCUT2D eigenvalue weighted by atomic mass is 9.85. The molecule has 3 aromatic carbocycles. The number of esters is 1.